The minimum Gasteiger partial charge on any atom is -0.361 e. The van der Waals surface area contributed by atoms with E-state index in [-0.39, 0.29) is 0 Å². The van der Waals surface area contributed by atoms with Crippen LogP contribution in [0.1, 0.15) is 11.3 Å². The van der Waals surface area contributed by atoms with Crippen LogP contribution in [-0.4, -0.2) is 11.0 Å². The molecule has 0 fully saturated rings. The Hall–Kier alpha value is -1.58. The van der Waals surface area contributed by atoms with E-state index in [0.29, 0.717) is 0 Å². The minimum absolute atomic E-state index is 0.734. The van der Waals surface area contributed by atoms with Gasteiger partial charge in [-0.1, -0.05) is 0 Å². The number of aryl methyl sites for hydroxylation is 1. The van der Waals surface area contributed by atoms with E-state index in [0.717, 1.165) is 17.3 Å². The van der Waals surface area contributed by atoms with Gasteiger partial charge in [-0.2, -0.15) is 0 Å². The molecule has 0 aliphatic heterocycles. The third-order valence-electron chi connectivity index (χ3n) is 1.32. The molecule has 0 saturated carbocycles. The highest BCUT2D eigenvalue weighted by molar-refractivity contribution is 5.86. The first-order valence-electron chi connectivity index (χ1n) is 3.38. The Labute approximate surface area is 68.8 Å². The Morgan fingerprint density at radius 1 is 1.75 bits per heavy atom. The molecule has 0 amide bonds. The second-order valence-corrected chi connectivity index (χ2v) is 2.36. The fourth-order valence-electron chi connectivity index (χ4n) is 0.806. The van der Waals surface area contributed by atoms with Crippen LogP contribution in [0.15, 0.2) is 18.3 Å². The average molecular weight is 169 g/mol. The number of aromatic amines is 1. The van der Waals surface area contributed by atoms with Gasteiger partial charge in [-0.15, -0.1) is 0 Å². The van der Waals surface area contributed by atoms with E-state index in [9.17, 15) is 9.32 Å². The predicted octanol–water partition coefficient (Wildman–Crippen LogP) is 1.76. The molecule has 0 spiro atoms. The predicted molar refractivity (Wildman–Crippen MR) is 41.8 cm³/mol. The van der Waals surface area contributed by atoms with Crippen LogP contribution in [0.25, 0.3) is 6.08 Å². The highest BCUT2D eigenvalue weighted by atomic mass is 19.3. The van der Waals surface area contributed by atoms with Crippen molar-refractivity contribution in [3.63, 3.8) is 0 Å². The molecule has 1 heterocycles. The zero-order valence-corrected chi connectivity index (χ0v) is 6.50. The molecular weight excluding hydrogens is 161 g/mol. The molecule has 0 aliphatic carbocycles. The van der Waals surface area contributed by atoms with Crippen molar-refractivity contribution in [1.29, 1.82) is 0 Å². The number of hydrogen-bond acceptors (Lipinski definition) is 2. The fraction of sp³-hybridized carbons (Fsp3) is 0.125. The SMILES string of the molecule is Cc1c[nH]c(/C=C/C(=O)OF)c1. The van der Waals surface area contributed by atoms with E-state index in [4.69, 9.17) is 0 Å². The topological polar surface area (TPSA) is 42.1 Å². The van der Waals surface area contributed by atoms with Crippen LogP contribution in [0.3, 0.4) is 0 Å². The van der Waals surface area contributed by atoms with Crippen molar-refractivity contribution >= 4 is 12.0 Å². The third-order valence-corrected chi connectivity index (χ3v) is 1.32. The average Bonchev–Trinajstić information content (AvgIpc) is 2.47. The number of aromatic nitrogens is 1. The Morgan fingerprint density at radius 3 is 3.00 bits per heavy atom. The molecule has 0 aliphatic rings. The summed E-state index contributed by atoms with van der Waals surface area (Å²) in [7, 11) is 0. The summed E-state index contributed by atoms with van der Waals surface area (Å²) in [6.07, 6.45) is 4.22. The molecule has 1 N–H and O–H groups in total. The number of halogens is 1. The number of carbonyl (C=O) groups is 1. The molecular formula is C8H8FNO2. The van der Waals surface area contributed by atoms with Crippen LogP contribution < -0.4 is 0 Å². The van der Waals surface area contributed by atoms with Gasteiger partial charge in [-0.05, 0) is 24.6 Å². The Bertz CT molecular complexity index is 304. The highest BCUT2D eigenvalue weighted by Gasteiger charge is 1.95. The zero-order chi connectivity index (χ0) is 8.97. The molecule has 1 rings (SSSR count). The van der Waals surface area contributed by atoms with Crippen molar-refractivity contribution < 1.29 is 14.3 Å². The lowest BCUT2D eigenvalue weighted by Gasteiger charge is -1.83. The summed E-state index contributed by atoms with van der Waals surface area (Å²) < 4.78 is 11.2. The minimum atomic E-state index is -1.01. The number of nitrogens with one attached hydrogen (secondary N) is 1. The van der Waals surface area contributed by atoms with Gasteiger partial charge in [-0.25, -0.2) is 4.79 Å². The molecule has 0 unspecified atom stereocenters. The maximum absolute atomic E-state index is 11.2. The Kier molecular flexibility index (Phi) is 2.63. The highest BCUT2D eigenvalue weighted by Crippen LogP contribution is 2.03. The lowest BCUT2D eigenvalue weighted by molar-refractivity contribution is -0.176. The van der Waals surface area contributed by atoms with Gasteiger partial charge in [-0.3, -0.25) is 4.94 Å². The maximum Gasteiger partial charge on any atom is 0.372 e. The first kappa shape index (κ1) is 8.52. The van der Waals surface area contributed by atoms with Crippen LogP contribution in [0, 0.1) is 6.92 Å². The van der Waals surface area contributed by atoms with E-state index in [1.54, 1.807) is 6.20 Å². The van der Waals surface area contributed by atoms with Crippen molar-refractivity contribution in [2.75, 3.05) is 0 Å². The second kappa shape index (κ2) is 3.71. The number of carbonyl (C=O) groups excluding carboxylic acids is 1. The van der Waals surface area contributed by atoms with Gasteiger partial charge in [0.25, 0.3) is 0 Å². The van der Waals surface area contributed by atoms with Crippen molar-refractivity contribution in [2.24, 2.45) is 0 Å². The largest absolute Gasteiger partial charge is 0.372 e. The smallest absolute Gasteiger partial charge is 0.361 e. The molecule has 0 atom stereocenters. The summed E-state index contributed by atoms with van der Waals surface area (Å²) in [5.41, 5.74) is 1.78. The summed E-state index contributed by atoms with van der Waals surface area (Å²) in [6, 6.07) is 1.82. The normalized spacial score (nSPS) is 10.5. The summed E-state index contributed by atoms with van der Waals surface area (Å²) in [5.74, 6) is -1.01. The van der Waals surface area contributed by atoms with Gasteiger partial charge in [0, 0.05) is 22.5 Å². The Balaban J connectivity index is 2.63. The summed E-state index contributed by atoms with van der Waals surface area (Å²) in [6.45, 7) is 1.90. The summed E-state index contributed by atoms with van der Waals surface area (Å²) >= 11 is 0. The molecule has 3 nitrogen and oxygen atoms in total. The van der Waals surface area contributed by atoms with Gasteiger partial charge in [0.1, 0.15) is 0 Å². The van der Waals surface area contributed by atoms with E-state index in [2.05, 4.69) is 9.93 Å². The molecule has 1 aromatic rings. The van der Waals surface area contributed by atoms with Crippen LogP contribution >= 0.6 is 0 Å². The standard InChI is InChI=1S/C8H8FNO2/c1-6-4-7(10-5-6)2-3-8(11)12-9/h2-5,10H,1H3/b3-2+. The van der Waals surface area contributed by atoms with Crippen molar-refractivity contribution in [1.82, 2.24) is 4.98 Å². The molecule has 0 radical (unpaired) electrons. The number of hydrogen-bond donors (Lipinski definition) is 1. The van der Waals surface area contributed by atoms with Crippen molar-refractivity contribution in [3.05, 3.63) is 29.6 Å². The van der Waals surface area contributed by atoms with Gasteiger partial charge in [0.15, 0.2) is 0 Å². The second-order valence-electron chi connectivity index (χ2n) is 2.36. The Morgan fingerprint density at radius 2 is 2.50 bits per heavy atom. The van der Waals surface area contributed by atoms with Crippen LogP contribution in [0.4, 0.5) is 4.53 Å². The lowest BCUT2D eigenvalue weighted by Crippen LogP contribution is -1.89. The van der Waals surface area contributed by atoms with Crippen LogP contribution in [-0.2, 0) is 9.74 Å². The third kappa shape index (κ3) is 2.23. The molecule has 64 valence electrons. The van der Waals surface area contributed by atoms with Crippen LogP contribution in [0.2, 0.25) is 0 Å². The molecule has 1 aromatic heterocycles. The van der Waals surface area contributed by atoms with E-state index >= 15 is 0 Å². The van der Waals surface area contributed by atoms with Crippen LogP contribution in [0.5, 0.6) is 0 Å². The molecule has 4 heteroatoms. The molecule has 12 heavy (non-hydrogen) atoms. The fourth-order valence-corrected chi connectivity index (χ4v) is 0.806. The van der Waals surface area contributed by atoms with Gasteiger partial charge >= 0.3 is 5.97 Å². The monoisotopic (exact) mass is 169 g/mol. The van der Waals surface area contributed by atoms with Crippen molar-refractivity contribution in [3.8, 4) is 0 Å². The van der Waals surface area contributed by atoms with E-state index in [1.807, 2.05) is 13.0 Å². The van der Waals surface area contributed by atoms with Gasteiger partial charge in [0.05, 0.1) is 0 Å². The molecule has 0 saturated heterocycles. The number of H-pyrrole nitrogens is 1. The van der Waals surface area contributed by atoms with Gasteiger partial charge < -0.3 is 4.98 Å². The zero-order valence-electron chi connectivity index (χ0n) is 6.50. The molecule has 0 aromatic carbocycles. The summed E-state index contributed by atoms with van der Waals surface area (Å²) in [5, 5.41) is 0. The van der Waals surface area contributed by atoms with Gasteiger partial charge in [0.2, 0.25) is 0 Å². The quantitative estimate of drug-likeness (QED) is 0.685. The molecule has 0 bridgehead atoms. The number of rotatable bonds is 2. The maximum atomic E-state index is 11.2. The first-order chi connectivity index (χ1) is 5.72. The summed E-state index contributed by atoms with van der Waals surface area (Å²) in [4.78, 5) is 16.1. The van der Waals surface area contributed by atoms with E-state index in [1.165, 1.54) is 6.08 Å². The lowest BCUT2D eigenvalue weighted by atomic mass is 10.3. The van der Waals surface area contributed by atoms with Crippen molar-refractivity contribution in [2.45, 2.75) is 6.92 Å². The first-order valence-corrected chi connectivity index (χ1v) is 3.38. The van der Waals surface area contributed by atoms with E-state index < -0.39 is 5.97 Å².